The minimum absolute atomic E-state index is 0.0418. The Balaban J connectivity index is 1.82. The van der Waals surface area contributed by atoms with Crippen molar-refractivity contribution in [2.24, 2.45) is 0 Å². The van der Waals surface area contributed by atoms with E-state index in [0.717, 1.165) is 4.31 Å². The van der Waals surface area contributed by atoms with Crippen LogP contribution in [0.5, 0.6) is 0 Å². The van der Waals surface area contributed by atoms with Gasteiger partial charge >= 0.3 is 0 Å². The average Bonchev–Trinajstić information content (AvgIpc) is 2.80. The Labute approximate surface area is 194 Å². The van der Waals surface area contributed by atoms with Gasteiger partial charge in [0.1, 0.15) is 0 Å². The summed E-state index contributed by atoms with van der Waals surface area (Å²) in [5, 5.41) is 2.66. The van der Waals surface area contributed by atoms with E-state index in [1.165, 1.54) is 55.8 Å². The van der Waals surface area contributed by atoms with Gasteiger partial charge in [-0.1, -0.05) is 24.3 Å². The highest BCUT2D eigenvalue weighted by Gasteiger charge is 2.22. The van der Waals surface area contributed by atoms with Gasteiger partial charge in [0.2, 0.25) is 10.0 Å². The molecule has 0 radical (unpaired) electrons. The third-order valence-electron chi connectivity index (χ3n) is 5.10. The number of hydrogen-bond donors (Lipinski definition) is 1. The number of hydrogen-bond acceptors (Lipinski definition) is 5. The van der Waals surface area contributed by atoms with Crippen LogP contribution >= 0.6 is 0 Å². The van der Waals surface area contributed by atoms with E-state index < -0.39 is 26.0 Å². The second kappa shape index (κ2) is 9.34. The number of benzene rings is 3. The number of rotatable bonds is 7. The van der Waals surface area contributed by atoms with Gasteiger partial charge in [-0.2, -0.15) is 0 Å². The summed E-state index contributed by atoms with van der Waals surface area (Å²) in [7, 11) is -3.14. The first-order valence-electron chi connectivity index (χ1n) is 9.93. The van der Waals surface area contributed by atoms with Crippen LogP contribution in [0.3, 0.4) is 0 Å². The maximum Gasteiger partial charge on any atom is 0.264 e. The van der Waals surface area contributed by atoms with E-state index in [1.54, 1.807) is 49.4 Å². The SMILES string of the molecule is Cc1ccc(NC(=O)c2ccc(S(=O)(=O)N(C)c3ccccc3)cc2)cc1S(=O)(=O)N(C)C. The summed E-state index contributed by atoms with van der Waals surface area (Å²) >= 11 is 0. The van der Waals surface area contributed by atoms with Crippen molar-refractivity contribution in [2.45, 2.75) is 16.7 Å². The summed E-state index contributed by atoms with van der Waals surface area (Å²) in [4.78, 5) is 12.8. The number of amides is 1. The van der Waals surface area contributed by atoms with Gasteiger partial charge in [-0.15, -0.1) is 0 Å². The first-order chi connectivity index (χ1) is 15.4. The maximum atomic E-state index is 12.9. The lowest BCUT2D eigenvalue weighted by Gasteiger charge is -2.19. The highest BCUT2D eigenvalue weighted by Crippen LogP contribution is 2.24. The fraction of sp³-hybridized carbons (Fsp3) is 0.174. The highest BCUT2D eigenvalue weighted by atomic mass is 32.2. The number of sulfonamides is 2. The van der Waals surface area contributed by atoms with Crippen molar-refractivity contribution < 1.29 is 21.6 Å². The summed E-state index contributed by atoms with van der Waals surface area (Å²) in [5.74, 6) is -0.493. The van der Waals surface area contributed by atoms with Crippen LogP contribution in [0.15, 0.2) is 82.6 Å². The van der Waals surface area contributed by atoms with E-state index in [4.69, 9.17) is 0 Å². The Hall–Kier alpha value is -3.21. The van der Waals surface area contributed by atoms with Crippen LogP contribution < -0.4 is 9.62 Å². The number of aryl methyl sites for hydroxylation is 1. The van der Waals surface area contributed by atoms with Crippen LogP contribution in [-0.2, 0) is 20.0 Å². The van der Waals surface area contributed by atoms with E-state index in [1.807, 2.05) is 0 Å². The lowest BCUT2D eigenvalue weighted by Crippen LogP contribution is -2.26. The zero-order valence-corrected chi connectivity index (χ0v) is 20.3. The molecule has 0 aliphatic heterocycles. The summed E-state index contributed by atoms with van der Waals surface area (Å²) in [5.41, 5.74) is 1.61. The van der Waals surface area contributed by atoms with Crippen LogP contribution in [0.1, 0.15) is 15.9 Å². The molecule has 8 nitrogen and oxygen atoms in total. The van der Waals surface area contributed by atoms with Gasteiger partial charge in [-0.25, -0.2) is 21.1 Å². The molecule has 0 aliphatic carbocycles. The molecule has 0 bridgehead atoms. The lowest BCUT2D eigenvalue weighted by atomic mass is 10.2. The van der Waals surface area contributed by atoms with Crippen LogP contribution in [0.25, 0.3) is 0 Å². The molecule has 0 saturated heterocycles. The normalized spacial score (nSPS) is 11.9. The lowest BCUT2D eigenvalue weighted by molar-refractivity contribution is 0.102. The van der Waals surface area contributed by atoms with Gasteiger partial charge in [0, 0.05) is 32.4 Å². The molecule has 174 valence electrons. The molecular weight excluding hydrogens is 462 g/mol. The van der Waals surface area contributed by atoms with E-state index >= 15 is 0 Å². The van der Waals surface area contributed by atoms with Crippen molar-refractivity contribution in [1.29, 1.82) is 0 Å². The van der Waals surface area contributed by atoms with Gasteiger partial charge in [0.05, 0.1) is 15.5 Å². The van der Waals surface area contributed by atoms with Gasteiger partial charge in [-0.05, 0) is 61.0 Å². The summed E-state index contributed by atoms with van der Waals surface area (Å²) in [6.07, 6.45) is 0. The van der Waals surface area contributed by atoms with Crippen molar-refractivity contribution in [3.8, 4) is 0 Å². The molecule has 0 spiro atoms. The molecule has 3 rings (SSSR count). The predicted molar refractivity (Wildman–Crippen MR) is 128 cm³/mol. The number of nitrogens with one attached hydrogen (secondary N) is 1. The molecular formula is C23H25N3O5S2. The summed E-state index contributed by atoms with van der Waals surface area (Å²) in [6.45, 7) is 1.67. The minimum atomic E-state index is -3.80. The third-order valence-corrected chi connectivity index (χ3v) is 8.86. The summed E-state index contributed by atoms with van der Waals surface area (Å²) in [6, 6.07) is 18.8. The standard InChI is InChI=1S/C23H25N3O5S2/c1-17-10-13-19(16-22(17)33(30,31)25(2)3)24-23(27)18-11-14-21(15-12-18)32(28,29)26(4)20-8-6-5-7-9-20/h5-16H,1-4H3,(H,24,27). The monoisotopic (exact) mass is 487 g/mol. The second-order valence-electron chi connectivity index (χ2n) is 7.55. The highest BCUT2D eigenvalue weighted by molar-refractivity contribution is 7.92. The number of carbonyl (C=O) groups is 1. The zero-order chi connectivity index (χ0) is 24.4. The number of anilines is 2. The minimum Gasteiger partial charge on any atom is -0.322 e. The van der Waals surface area contributed by atoms with Gasteiger partial charge < -0.3 is 5.32 Å². The van der Waals surface area contributed by atoms with Crippen LogP contribution in [0, 0.1) is 6.92 Å². The number of para-hydroxylation sites is 1. The summed E-state index contributed by atoms with van der Waals surface area (Å²) < 4.78 is 53.1. The molecule has 1 amide bonds. The molecule has 10 heteroatoms. The Morgan fingerprint density at radius 2 is 1.39 bits per heavy atom. The van der Waals surface area contributed by atoms with Crippen molar-refractivity contribution in [3.63, 3.8) is 0 Å². The Morgan fingerprint density at radius 1 is 0.788 bits per heavy atom. The quantitative estimate of drug-likeness (QED) is 0.551. The topological polar surface area (TPSA) is 104 Å². The van der Waals surface area contributed by atoms with Crippen molar-refractivity contribution in [1.82, 2.24) is 4.31 Å². The third kappa shape index (κ3) is 5.08. The molecule has 0 unspecified atom stereocenters. The van der Waals surface area contributed by atoms with Crippen LogP contribution in [0.4, 0.5) is 11.4 Å². The maximum absolute atomic E-state index is 12.9. The second-order valence-corrected chi connectivity index (χ2v) is 11.6. The average molecular weight is 488 g/mol. The molecule has 0 heterocycles. The van der Waals surface area contributed by atoms with E-state index in [-0.39, 0.29) is 15.4 Å². The molecule has 0 fully saturated rings. The molecule has 0 aliphatic rings. The van der Waals surface area contributed by atoms with Crippen LogP contribution in [0.2, 0.25) is 0 Å². The number of carbonyl (C=O) groups excluding carboxylic acids is 1. The Kier molecular flexibility index (Phi) is 6.92. The first-order valence-corrected chi connectivity index (χ1v) is 12.8. The van der Waals surface area contributed by atoms with E-state index in [0.29, 0.717) is 16.9 Å². The molecule has 3 aromatic rings. The molecule has 0 atom stereocenters. The molecule has 0 saturated carbocycles. The Morgan fingerprint density at radius 3 is 1.97 bits per heavy atom. The van der Waals surface area contributed by atoms with Gasteiger partial charge in [0.15, 0.2) is 0 Å². The molecule has 3 aromatic carbocycles. The molecule has 1 N–H and O–H groups in total. The van der Waals surface area contributed by atoms with Gasteiger partial charge in [0.25, 0.3) is 15.9 Å². The van der Waals surface area contributed by atoms with E-state index in [2.05, 4.69) is 5.32 Å². The largest absolute Gasteiger partial charge is 0.322 e. The van der Waals surface area contributed by atoms with Crippen LogP contribution in [-0.4, -0.2) is 48.2 Å². The smallest absolute Gasteiger partial charge is 0.264 e. The predicted octanol–water partition coefficient (Wildman–Crippen LogP) is 3.32. The Bertz CT molecular complexity index is 1370. The van der Waals surface area contributed by atoms with Crippen molar-refractivity contribution in [2.75, 3.05) is 30.8 Å². The fourth-order valence-corrected chi connectivity index (χ4v) is 5.41. The molecule has 0 aromatic heterocycles. The number of nitrogens with zero attached hydrogens (tertiary/aromatic N) is 2. The fourth-order valence-electron chi connectivity index (χ4n) is 3.07. The van der Waals surface area contributed by atoms with E-state index in [9.17, 15) is 21.6 Å². The first kappa shape index (κ1) is 24.4. The van der Waals surface area contributed by atoms with Crippen molar-refractivity contribution >= 4 is 37.3 Å². The van der Waals surface area contributed by atoms with Crippen molar-refractivity contribution in [3.05, 3.63) is 83.9 Å². The van der Waals surface area contributed by atoms with Gasteiger partial charge in [-0.3, -0.25) is 9.10 Å². The zero-order valence-electron chi connectivity index (χ0n) is 18.7. The molecule has 33 heavy (non-hydrogen) atoms.